The molecule has 0 aromatic heterocycles. The van der Waals surface area contributed by atoms with Gasteiger partial charge in [-0.15, -0.1) is 0 Å². The molecule has 2 aliphatic rings. The van der Waals surface area contributed by atoms with Crippen molar-refractivity contribution in [1.29, 1.82) is 0 Å². The van der Waals surface area contributed by atoms with Gasteiger partial charge in [-0.05, 0) is 31.4 Å². The van der Waals surface area contributed by atoms with E-state index in [0.717, 1.165) is 25.6 Å². The van der Waals surface area contributed by atoms with E-state index in [2.05, 4.69) is 9.62 Å². The van der Waals surface area contributed by atoms with E-state index in [9.17, 15) is 12.8 Å². The number of sulfonamides is 1. The molecule has 1 atom stereocenters. The number of likely N-dealkylation sites (tertiary alicyclic amines) is 1. The lowest BCUT2D eigenvalue weighted by molar-refractivity contribution is 0.322. The van der Waals surface area contributed by atoms with Crippen LogP contribution in [0.25, 0.3) is 0 Å². The minimum Gasteiger partial charge on any atom is -0.395 e. The Morgan fingerprint density at radius 1 is 1.30 bits per heavy atom. The van der Waals surface area contributed by atoms with Gasteiger partial charge in [-0.3, -0.25) is 4.90 Å². The highest BCUT2D eigenvalue weighted by molar-refractivity contribution is 7.89. The van der Waals surface area contributed by atoms with E-state index in [1.807, 2.05) is 0 Å². The Morgan fingerprint density at radius 2 is 2.05 bits per heavy atom. The van der Waals surface area contributed by atoms with Gasteiger partial charge in [0.1, 0.15) is 10.7 Å². The standard InChI is InChI=1S/C13H18FN3O2S/c14-11-2-1-3-12(13(11)15)20(18,19)16-9-6-7-17(8-9)10-4-5-10/h1-3,9-10,16H,4-8,15H2. The van der Waals surface area contributed by atoms with Gasteiger partial charge in [-0.1, -0.05) is 6.07 Å². The van der Waals surface area contributed by atoms with Crippen LogP contribution in [0.15, 0.2) is 23.1 Å². The van der Waals surface area contributed by atoms with Crippen molar-refractivity contribution < 1.29 is 12.8 Å². The number of rotatable bonds is 4. The molecule has 0 amide bonds. The molecule has 0 bridgehead atoms. The molecule has 3 N–H and O–H groups in total. The number of nitrogens with two attached hydrogens (primary N) is 1. The number of para-hydroxylation sites is 1. The molecule has 1 aliphatic heterocycles. The minimum absolute atomic E-state index is 0.122. The summed E-state index contributed by atoms with van der Waals surface area (Å²) in [4.78, 5) is 2.13. The first-order valence-electron chi connectivity index (χ1n) is 6.78. The molecular weight excluding hydrogens is 281 g/mol. The minimum atomic E-state index is -3.77. The van der Waals surface area contributed by atoms with Crippen molar-refractivity contribution in [3.05, 3.63) is 24.0 Å². The van der Waals surface area contributed by atoms with Crippen molar-refractivity contribution in [1.82, 2.24) is 9.62 Å². The number of hydrogen-bond donors (Lipinski definition) is 2. The summed E-state index contributed by atoms with van der Waals surface area (Å²) in [7, 11) is -3.77. The fraction of sp³-hybridized carbons (Fsp3) is 0.538. The van der Waals surface area contributed by atoms with Crippen molar-refractivity contribution in [3.63, 3.8) is 0 Å². The summed E-state index contributed by atoms with van der Waals surface area (Å²) in [6.45, 7) is 1.63. The SMILES string of the molecule is Nc1c(F)cccc1S(=O)(=O)NC1CCN(C2CC2)C1. The van der Waals surface area contributed by atoms with Crippen LogP contribution in [0.3, 0.4) is 0 Å². The second kappa shape index (κ2) is 4.98. The van der Waals surface area contributed by atoms with Gasteiger partial charge >= 0.3 is 0 Å². The van der Waals surface area contributed by atoms with Crippen LogP contribution in [0.1, 0.15) is 19.3 Å². The molecule has 7 heteroatoms. The molecule has 2 fully saturated rings. The van der Waals surface area contributed by atoms with E-state index in [-0.39, 0.29) is 16.6 Å². The van der Waals surface area contributed by atoms with E-state index >= 15 is 0 Å². The van der Waals surface area contributed by atoms with Gasteiger partial charge in [0.2, 0.25) is 10.0 Å². The highest BCUT2D eigenvalue weighted by Gasteiger charge is 2.36. The van der Waals surface area contributed by atoms with Crippen molar-refractivity contribution >= 4 is 15.7 Å². The highest BCUT2D eigenvalue weighted by atomic mass is 32.2. The van der Waals surface area contributed by atoms with Gasteiger partial charge in [-0.2, -0.15) is 0 Å². The average Bonchev–Trinajstić information content (AvgIpc) is 3.14. The molecule has 0 radical (unpaired) electrons. The molecule has 5 nitrogen and oxygen atoms in total. The van der Waals surface area contributed by atoms with Crippen LogP contribution in [0.4, 0.5) is 10.1 Å². The Hall–Kier alpha value is -1.18. The highest BCUT2D eigenvalue weighted by Crippen LogP contribution is 2.30. The Balaban J connectivity index is 1.74. The maximum Gasteiger partial charge on any atom is 0.243 e. The van der Waals surface area contributed by atoms with E-state index in [1.54, 1.807) is 0 Å². The Kier molecular flexibility index (Phi) is 3.43. The molecule has 1 saturated carbocycles. The fourth-order valence-corrected chi connectivity index (χ4v) is 4.09. The molecule has 1 aromatic carbocycles. The second-order valence-corrected chi connectivity index (χ2v) is 7.17. The average molecular weight is 299 g/mol. The third-order valence-electron chi connectivity index (χ3n) is 3.91. The zero-order valence-electron chi connectivity index (χ0n) is 11.0. The van der Waals surface area contributed by atoms with Crippen molar-refractivity contribution in [2.45, 2.75) is 36.2 Å². The van der Waals surface area contributed by atoms with E-state index in [4.69, 9.17) is 5.73 Å². The first-order valence-corrected chi connectivity index (χ1v) is 8.26. The summed E-state index contributed by atoms with van der Waals surface area (Å²) in [6, 6.07) is 4.34. The number of nitrogens with zero attached hydrogens (tertiary/aromatic N) is 1. The molecular formula is C13H18FN3O2S. The Bertz CT molecular complexity index is 616. The number of nitrogens with one attached hydrogen (secondary N) is 1. The smallest absolute Gasteiger partial charge is 0.243 e. The molecule has 0 spiro atoms. The summed E-state index contributed by atoms with van der Waals surface area (Å²) in [5.74, 6) is -0.709. The van der Waals surface area contributed by atoms with Gasteiger partial charge in [0.25, 0.3) is 0 Å². The topological polar surface area (TPSA) is 75.4 Å². The maximum atomic E-state index is 13.4. The summed E-state index contributed by atoms with van der Waals surface area (Å²) < 4.78 is 40.6. The first-order chi connectivity index (χ1) is 9.47. The number of hydrogen-bond acceptors (Lipinski definition) is 4. The molecule has 1 aliphatic carbocycles. The summed E-state index contributed by atoms with van der Waals surface area (Å²) in [5.41, 5.74) is 5.20. The zero-order valence-corrected chi connectivity index (χ0v) is 11.9. The van der Waals surface area contributed by atoms with E-state index in [0.29, 0.717) is 6.04 Å². The van der Waals surface area contributed by atoms with Crippen molar-refractivity contribution in [2.24, 2.45) is 0 Å². The molecule has 110 valence electrons. The van der Waals surface area contributed by atoms with Crippen LogP contribution in [-0.2, 0) is 10.0 Å². The van der Waals surface area contributed by atoms with E-state index < -0.39 is 15.8 Å². The van der Waals surface area contributed by atoms with Crippen LogP contribution in [0.2, 0.25) is 0 Å². The van der Waals surface area contributed by atoms with Gasteiger partial charge in [0, 0.05) is 25.2 Å². The molecule has 20 heavy (non-hydrogen) atoms. The second-order valence-electron chi connectivity index (χ2n) is 5.48. The molecule has 1 unspecified atom stereocenters. The Morgan fingerprint density at radius 3 is 2.75 bits per heavy atom. The predicted molar refractivity (Wildman–Crippen MR) is 74.1 cm³/mol. The molecule has 1 heterocycles. The third kappa shape index (κ3) is 2.65. The summed E-state index contributed by atoms with van der Waals surface area (Å²) in [6.07, 6.45) is 3.19. The van der Waals surface area contributed by atoms with Crippen LogP contribution in [0, 0.1) is 5.82 Å². The van der Waals surface area contributed by atoms with Crippen LogP contribution < -0.4 is 10.5 Å². The lowest BCUT2D eigenvalue weighted by atomic mass is 10.3. The number of nitrogen functional groups attached to an aromatic ring is 1. The molecule has 1 aromatic rings. The number of benzene rings is 1. The zero-order chi connectivity index (χ0) is 14.3. The quantitative estimate of drug-likeness (QED) is 0.811. The monoisotopic (exact) mass is 299 g/mol. The van der Waals surface area contributed by atoms with Gasteiger partial charge in [0.15, 0.2) is 0 Å². The van der Waals surface area contributed by atoms with Gasteiger partial charge in [-0.25, -0.2) is 17.5 Å². The lowest BCUT2D eigenvalue weighted by Crippen LogP contribution is -2.37. The van der Waals surface area contributed by atoms with Crippen molar-refractivity contribution in [3.8, 4) is 0 Å². The van der Waals surface area contributed by atoms with E-state index in [1.165, 1.54) is 25.0 Å². The number of halogens is 1. The fourth-order valence-electron chi connectivity index (χ4n) is 2.69. The van der Waals surface area contributed by atoms with Gasteiger partial charge in [0.05, 0.1) is 5.69 Å². The summed E-state index contributed by atoms with van der Waals surface area (Å²) >= 11 is 0. The number of anilines is 1. The van der Waals surface area contributed by atoms with Crippen LogP contribution in [-0.4, -0.2) is 38.5 Å². The Labute approximate surface area is 118 Å². The van der Waals surface area contributed by atoms with Crippen LogP contribution in [0.5, 0.6) is 0 Å². The first kappa shape index (κ1) is 13.8. The predicted octanol–water partition coefficient (Wildman–Crippen LogP) is 0.923. The van der Waals surface area contributed by atoms with Crippen molar-refractivity contribution in [2.75, 3.05) is 18.8 Å². The molecule has 3 rings (SSSR count). The van der Waals surface area contributed by atoms with Gasteiger partial charge < -0.3 is 5.73 Å². The molecule has 1 saturated heterocycles. The lowest BCUT2D eigenvalue weighted by Gasteiger charge is -2.16. The normalized spacial score (nSPS) is 24.1. The maximum absolute atomic E-state index is 13.4. The summed E-state index contributed by atoms with van der Waals surface area (Å²) in [5, 5.41) is 0. The van der Waals surface area contributed by atoms with Crippen LogP contribution >= 0.6 is 0 Å². The third-order valence-corrected chi connectivity index (χ3v) is 5.49. The largest absolute Gasteiger partial charge is 0.395 e.